The Morgan fingerprint density at radius 1 is 0.592 bits per heavy atom. The maximum Gasteiger partial charge on any atom is 0.331 e. The van der Waals surface area contributed by atoms with Crippen LogP contribution in [0.4, 0.5) is 0 Å². The van der Waals surface area contributed by atoms with Crippen LogP contribution in [0.1, 0.15) is 112 Å². The van der Waals surface area contributed by atoms with Crippen LogP contribution in [0.3, 0.4) is 0 Å². The molecule has 33 unspecified atom stereocenters. The first-order valence-electron chi connectivity index (χ1n) is 34.0. The number of aliphatic carboxylic acids is 1. The van der Waals surface area contributed by atoms with Gasteiger partial charge < -0.3 is 133 Å². The van der Waals surface area contributed by atoms with Gasteiger partial charge in [0, 0.05) is 11.5 Å². The van der Waals surface area contributed by atoms with Gasteiger partial charge in [0.2, 0.25) is 6.29 Å². The number of methoxy groups -OCH3 is 1. The summed E-state index contributed by atoms with van der Waals surface area (Å²) in [6.07, 6.45) is -34.0. The van der Waals surface area contributed by atoms with Gasteiger partial charge in [0.25, 0.3) is 0 Å². The fourth-order valence-corrected chi connectivity index (χ4v) is 18.7. The van der Waals surface area contributed by atoms with Crippen molar-refractivity contribution >= 4 is 24.0 Å². The summed E-state index contributed by atoms with van der Waals surface area (Å²) in [6.45, 7) is 10.6. The molecule has 5 aliphatic heterocycles. The summed E-state index contributed by atoms with van der Waals surface area (Å²) in [5.74, 6) is -4.02. The molecule has 5 saturated heterocycles. The molecule has 11 rings (SSSR count). The van der Waals surface area contributed by atoms with Gasteiger partial charge in [0.05, 0.1) is 62.7 Å². The van der Waals surface area contributed by atoms with E-state index in [-0.39, 0.29) is 43.6 Å². The Bertz CT molecular complexity index is 3040. The lowest BCUT2D eigenvalue weighted by Crippen LogP contribution is -2.71. The zero-order valence-electron chi connectivity index (χ0n) is 56.2. The maximum absolute atomic E-state index is 15.9. The second kappa shape index (κ2) is 28.6. The van der Waals surface area contributed by atoms with E-state index >= 15 is 4.79 Å². The number of carboxylic acids is 1. The van der Waals surface area contributed by atoms with E-state index in [2.05, 4.69) is 26.8 Å². The van der Waals surface area contributed by atoms with Gasteiger partial charge >= 0.3 is 17.9 Å². The van der Waals surface area contributed by atoms with Crippen LogP contribution in [-0.4, -0.2) is 282 Å². The second-order valence-corrected chi connectivity index (χ2v) is 30.5. The number of aliphatic hydroxyl groups excluding tert-OH is 14. The first kappa shape index (κ1) is 75.2. The molecule has 9 fully saturated rings. The molecule has 33 atom stereocenters. The first-order chi connectivity index (χ1) is 46.1. The highest BCUT2D eigenvalue weighted by molar-refractivity contribution is 5.87. The third-order valence-electron chi connectivity index (χ3n) is 24.5. The highest BCUT2D eigenvalue weighted by Crippen LogP contribution is 2.76. The number of fused-ring (bicyclic) bond motifs is 7. The molecule has 30 nitrogen and oxygen atoms in total. The molecule has 0 amide bonds. The summed E-state index contributed by atoms with van der Waals surface area (Å²) >= 11 is 0. The number of rotatable bonds is 17. The van der Waals surface area contributed by atoms with E-state index in [0.29, 0.717) is 43.4 Å². The molecule has 10 aliphatic rings. The van der Waals surface area contributed by atoms with Crippen LogP contribution in [0.25, 0.3) is 6.08 Å². The summed E-state index contributed by atoms with van der Waals surface area (Å²) in [7, 11) is 1.51. The predicted octanol–water partition coefficient (Wildman–Crippen LogP) is -1.60. The summed E-state index contributed by atoms with van der Waals surface area (Å²) < 4.78 is 71.0. The Balaban J connectivity index is 0.848. The molecule has 552 valence electrons. The van der Waals surface area contributed by atoms with Gasteiger partial charge in [-0.2, -0.15) is 0 Å². The molecule has 1 aromatic carbocycles. The van der Waals surface area contributed by atoms with Gasteiger partial charge in [-0.05, 0) is 136 Å². The number of hydrogen-bond donors (Lipinski definition) is 15. The lowest BCUT2D eigenvalue weighted by atomic mass is 9.33. The lowest BCUT2D eigenvalue weighted by molar-refractivity contribution is -0.377. The molecular formula is C68H100O30. The molecule has 15 N–H and O–H groups in total. The largest absolute Gasteiger partial charge is 0.497 e. The van der Waals surface area contributed by atoms with Crippen molar-refractivity contribution in [3.8, 4) is 5.75 Å². The smallest absolute Gasteiger partial charge is 0.331 e. The van der Waals surface area contributed by atoms with E-state index < -0.39 is 230 Å². The van der Waals surface area contributed by atoms with Gasteiger partial charge in [-0.25, -0.2) is 4.79 Å². The average Bonchev–Trinajstić information content (AvgIpc) is 0.670. The van der Waals surface area contributed by atoms with Gasteiger partial charge in [0.1, 0.15) is 97.3 Å². The quantitative estimate of drug-likeness (QED) is 0.0362. The third-order valence-corrected chi connectivity index (χ3v) is 24.5. The third kappa shape index (κ3) is 13.0. The molecule has 0 aromatic heterocycles. The lowest BCUT2D eigenvalue weighted by Gasteiger charge is -2.71. The Morgan fingerprint density at radius 2 is 1.20 bits per heavy atom. The van der Waals surface area contributed by atoms with E-state index in [1.165, 1.54) is 34.0 Å². The number of carboxylic acid groups (broad SMARTS) is 1. The van der Waals surface area contributed by atoms with Gasteiger partial charge in [-0.15, -0.1) is 0 Å². The minimum atomic E-state index is -2.05. The molecule has 4 saturated carbocycles. The number of esters is 2. The van der Waals surface area contributed by atoms with Crippen LogP contribution < -0.4 is 4.74 Å². The maximum atomic E-state index is 15.9. The minimum absolute atomic E-state index is 0.0129. The summed E-state index contributed by atoms with van der Waals surface area (Å²) in [6, 6.07) is 6.76. The van der Waals surface area contributed by atoms with Crippen molar-refractivity contribution in [2.45, 2.75) is 260 Å². The van der Waals surface area contributed by atoms with Crippen LogP contribution in [0.5, 0.6) is 5.75 Å². The van der Waals surface area contributed by atoms with Gasteiger partial charge in [0.15, 0.2) is 37.4 Å². The molecule has 98 heavy (non-hydrogen) atoms. The number of ether oxygens (including phenoxy) is 12. The van der Waals surface area contributed by atoms with Crippen molar-refractivity contribution in [1.82, 2.24) is 0 Å². The number of aliphatic hydroxyl groups is 14. The van der Waals surface area contributed by atoms with Crippen molar-refractivity contribution < 1.29 is 148 Å². The van der Waals surface area contributed by atoms with E-state index in [1.807, 2.05) is 6.92 Å². The zero-order chi connectivity index (χ0) is 71.3. The Morgan fingerprint density at radius 3 is 1.88 bits per heavy atom. The Hall–Kier alpha value is -4.01. The number of carbonyl (C=O) groups is 3. The number of benzene rings is 1. The van der Waals surface area contributed by atoms with E-state index in [1.54, 1.807) is 24.3 Å². The van der Waals surface area contributed by atoms with Crippen molar-refractivity contribution in [3.63, 3.8) is 0 Å². The predicted molar refractivity (Wildman–Crippen MR) is 331 cm³/mol. The monoisotopic (exact) mass is 1400 g/mol. The standard InChI is InChI=1S/C68H100O30/c1-29-52(95-57-48(80)44(76)38(27-89-57)93-56-47(79)42(74)36(72)26-88-56)46(78)50(82)58(90-29)96-54-51(83)53(94-41(73)16-11-31-9-12-32(87-8)13-10-31)30(2)91-60(54)98-62(86)67-20-19-63(3,4)23-34(67)33-14-15-39-64(5)24-35(71)55(97-59-49(81)45(77)43(75)37(25-69)92-59)66(7,61(84)85)40(64)17-18-65(39,6)68(33,28-70)22-21-67/h9-14,16,29-30,34-40,42-60,69-72,74-83H,15,17-28H2,1-8H3,(H,84,85). The topological polar surface area (TPSA) is 465 Å². The van der Waals surface area contributed by atoms with Crippen molar-refractivity contribution in [2.75, 3.05) is 33.5 Å². The first-order valence-corrected chi connectivity index (χ1v) is 34.0. The average molecular weight is 1400 g/mol. The van der Waals surface area contributed by atoms with E-state index in [4.69, 9.17) is 56.8 Å². The highest BCUT2D eigenvalue weighted by atomic mass is 16.8. The fraction of sp³-hybridized carbons (Fsp3) is 0.809. The fourth-order valence-electron chi connectivity index (χ4n) is 18.7. The van der Waals surface area contributed by atoms with Gasteiger partial charge in [-0.1, -0.05) is 51.5 Å². The number of hydrogen-bond acceptors (Lipinski definition) is 29. The zero-order valence-corrected chi connectivity index (χ0v) is 56.2. The number of carbonyl (C=O) groups excluding carboxylic acids is 2. The molecule has 0 bridgehead atoms. The van der Waals surface area contributed by atoms with Crippen LogP contribution in [0, 0.1) is 50.2 Å². The van der Waals surface area contributed by atoms with Crippen LogP contribution in [0.2, 0.25) is 0 Å². The molecule has 0 radical (unpaired) electrons. The Kier molecular flexibility index (Phi) is 21.9. The van der Waals surface area contributed by atoms with Crippen LogP contribution in [0.15, 0.2) is 42.0 Å². The Labute approximate surface area is 566 Å². The van der Waals surface area contributed by atoms with Crippen molar-refractivity contribution in [1.29, 1.82) is 0 Å². The minimum Gasteiger partial charge on any atom is -0.497 e. The SMILES string of the molecule is COc1ccc(C=CC(=O)OC2C(C)OC(OC(=O)C34CCC(C)(C)CC3C3=CCC5C6(C)CC(O)C(OC7OC(CO)C(O)C(O)C7O)C(C)(C(=O)O)C6CCC5(C)C3(CO)CC4)C(OC3OC(C)C(OC4OCC(OC5OCC(O)C(O)C5O)C(O)C4O)C(O)C3O)C2O)cc1. The molecule has 5 aliphatic carbocycles. The molecule has 1 aromatic rings. The molecule has 0 spiro atoms. The summed E-state index contributed by atoms with van der Waals surface area (Å²) in [4.78, 5) is 43.4. The number of allylic oxidation sites excluding steroid dienone is 1. The second-order valence-electron chi connectivity index (χ2n) is 30.5. The molecular weight excluding hydrogens is 1300 g/mol. The molecule has 5 heterocycles. The summed E-state index contributed by atoms with van der Waals surface area (Å²) in [5.41, 5.74) is -4.83. The van der Waals surface area contributed by atoms with Crippen molar-refractivity contribution in [2.24, 2.45) is 50.2 Å². The van der Waals surface area contributed by atoms with Crippen LogP contribution in [-0.2, 0) is 66.5 Å². The summed E-state index contributed by atoms with van der Waals surface area (Å²) in [5, 5.41) is 167. The van der Waals surface area contributed by atoms with E-state index in [9.17, 15) is 86.2 Å². The van der Waals surface area contributed by atoms with Crippen LogP contribution >= 0.6 is 0 Å². The molecule has 30 heteroatoms. The van der Waals surface area contributed by atoms with Gasteiger partial charge in [-0.3, -0.25) is 9.59 Å². The highest BCUT2D eigenvalue weighted by Gasteiger charge is 2.74. The normalized spacial score (nSPS) is 49.4. The van der Waals surface area contributed by atoms with E-state index in [0.717, 1.165) is 11.6 Å². The van der Waals surface area contributed by atoms with Crippen molar-refractivity contribution in [3.05, 3.63) is 47.6 Å².